The van der Waals surface area contributed by atoms with Crippen molar-refractivity contribution >= 4 is 17.4 Å². The Kier molecular flexibility index (Phi) is 6.42. The van der Waals surface area contributed by atoms with Gasteiger partial charge in [0, 0.05) is 30.2 Å². The van der Waals surface area contributed by atoms with Crippen LogP contribution in [0.25, 0.3) is 0 Å². The minimum absolute atomic E-state index is 0.0610. The Hall–Kier alpha value is -1.14. The molecule has 2 N–H and O–H groups in total. The summed E-state index contributed by atoms with van der Waals surface area (Å²) < 4.78 is 5.25. The van der Waals surface area contributed by atoms with Gasteiger partial charge in [-0.1, -0.05) is 6.92 Å². The van der Waals surface area contributed by atoms with E-state index in [9.17, 15) is 4.79 Å². The molecule has 0 fully saturated rings. The predicted molar refractivity (Wildman–Crippen MR) is 82.0 cm³/mol. The molecule has 1 unspecified atom stereocenters. The van der Waals surface area contributed by atoms with Crippen molar-refractivity contribution in [3.8, 4) is 0 Å². The third kappa shape index (κ3) is 6.86. The van der Waals surface area contributed by atoms with Crippen LogP contribution in [0, 0.1) is 6.92 Å². The van der Waals surface area contributed by atoms with Crippen molar-refractivity contribution in [3.05, 3.63) is 16.1 Å². The van der Waals surface area contributed by atoms with E-state index in [4.69, 9.17) is 4.74 Å². The summed E-state index contributed by atoms with van der Waals surface area (Å²) in [6.45, 7) is 11.0. The summed E-state index contributed by atoms with van der Waals surface area (Å²) in [7, 11) is 0. The van der Waals surface area contributed by atoms with Gasteiger partial charge in [-0.2, -0.15) is 0 Å². The number of ether oxygens (including phenoxy) is 1. The van der Waals surface area contributed by atoms with Crippen LogP contribution in [0.1, 0.15) is 44.8 Å². The second-order valence-corrected chi connectivity index (χ2v) is 6.71. The fourth-order valence-electron chi connectivity index (χ4n) is 1.61. The molecule has 0 bridgehead atoms. The van der Waals surface area contributed by atoms with Crippen molar-refractivity contribution in [2.45, 2.75) is 59.2 Å². The normalized spacial score (nSPS) is 13.1. The number of aryl methyl sites for hydroxylation is 1. The summed E-state index contributed by atoms with van der Waals surface area (Å²) in [5.74, 6) is 0. The van der Waals surface area contributed by atoms with Crippen LogP contribution in [0.5, 0.6) is 0 Å². The summed E-state index contributed by atoms with van der Waals surface area (Å²) in [5, 5.41) is 9.29. The molecule has 0 aliphatic heterocycles. The van der Waals surface area contributed by atoms with Crippen LogP contribution in [0.4, 0.5) is 4.79 Å². The van der Waals surface area contributed by atoms with E-state index in [1.54, 1.807) is 11.3 Å². The Morgan fingerprint density at radius 3 is 2.70 bits per heavy atom. The molecule has 0 aliphatic carbocycles. The highest BCUT2D eigenvalue weighted by Gasteiger charge is 2.18. The molecule has 114 valence electrons. The molecular weight excluding hydrogens is 274 g/mol. The van der Waals surface area contributed by atoms with Crippen molar-refractivity contribution in [3.63, 3.8) is 0 Å². The van der Waals surface area contributed by atoms with Crippen LogP contribution in [0.2, 0.25) is 0 Å². The number of nitrogens with one attached hydrogen (secondary N) is 2. The van der Waals surface area contributed by atoms with Crippen LogP contribution < -0.4 is 10.6 Å². The van der Waals surface area contributed by atoms with E-state index >= 15 is 0 Å². The Labute approximate surface area is 125 Å². The van der Waals surface area contributed by atoms with Crippen molar-refractivity contribution in [1.29, 1.82) is 0 Å². The van der Waals surface area contributed by atoms with E-state index in [1.807, 2.05) is 40.0 Å². The zero-order valence-electron chi connectivity index (χ0n) is 12.9. The minimum atomic E-state index is -0.464. The summed E-state index contributed by atoms with van der Waals surface area (Å²) in [5.41, 5.74) is 0.583. The van der Waals surface area contributed by atoms with Gasteiger partial charge in [-0.25, -0.2) is 9.78 Å². The highest BCUT2D eigenvalue weighted by atomic mass is 32.1. The van der Waals surface area contributed by atoms with E-state index in [-0.39, 0.29) is 12.1 Å². The molecule has 1 amide bonds. The highest BCUT2D eigenvalue weighted by molar-refractivity contribution is 7.09. The van der Waals surface area contributed by atoms with Crippen molar-refractivity contribution in [2.75, 3.05) is 6.54 Å². The number of thiazole rings is 1. The van der Waals surface area contributed by atoms with E-state index < -0.39 is 5.60 Å². The van der Waals surface area contributed by atoms with Gasteiger partial charge in [-0.05, 0) is 34.1 Å². The Morgan fingerprint density at radius 1 is 1.50 bits per heavy atom. The molecule has 6 heteroatoms. The highest BCUT2D eigenvalue weighted by Crippen LogP contribution is 2.08. The molecule has 0 aromatic carbocycles. The second-order valence-electron chi connectivity index (χ2n) is 5.76. The quantitative estimate of drug-likeness (QED) is 0.848. The lowest BCUT2D eigenvalue weighted by molar-refractivity contribution is 0.0502. The maximum Gasteiger partial charge on any atom is 0.407 e. The van der Waals surface area contributed by atoms with Crippen molar-refractivity contribution < 1.29 is 9.53 Å². The average molecular weight is 299 g/mol. The first-order valence-corrected chi connectivity index (χ1v) is 7.79. The molecule has 5 nitrogen and oxygen atoms in total. The molecule has 1 atom stereocenters. The smallest absolute Gasteiger partial charge is 0.407 e. The molecular formula is C14H25N3O2S. The van der Waals surface area contributed by atoms with Crippen LogP contribution >= 0.6 is 11.3 Å². The van der Waals surface area contributed by atoms with Gasteiger partial charge < -0.3 is 15.4 Å². The van der Waals surface area contributed by atoms with Crippen molar-refractivity contribution in [1.82, 2.24) is 15.6 Å². The molecule has 20 heavy (non-hydrogen) atoms. The topological polar surface area (TPSA) is 63.2 Å². The van der Waals surface area contributed by atoms with Gasteiger partial charge >= 0.3 is 6.09 Å². The van der Waals surface area contributed by atoms with Gasteiger partial charge in [0.1, 0.15) is 10.6 Å². The number of alkyl carbamates (subject to hydrolysis) is 1. The second kappa shape index (κ2) is 7.59. The molecule has 0 spiro atoms. The van der Waals surface area contributed by atoms with E-state index in [0.29, 0.717) is 6.54 Å². The maximum atomic E-state index is 11.7. The van der Waals surface area contributed by atoms with Crippen LogP contribution in [0.3, 0.4) is 0 Å². The third-order valence-electron chi connectivity index (χ3n) is 2.55. The fourth-order valence-corrected chi connectivity index (χ4v) is 2.35. The summed E-state index contributed by atoms with van der Waals surface area (Å²) >= 11 is 1.64. The molecule has 1 aromatic rings. The van der Waals surface area contributed by atoms with E-state index in [0.717, 1.165) is 23.7 Å². The van der Waals surface area contributed by atoms with Crippen LogP contribution in [-0.2, 0) is 11.3 Å². The molecule has 0 radical (unpaired) electrons. The predicted octanol–water partition coefficient (Wildman–Crippen LogP) is 2.84. The largest absolute Gasteiger partial charge is 0.444 e. The molecule has 0 saturated carbocycles. The number of amides is 1. The van der Waals surface area contributed by atoms with Gasteiger partial charge in [0.25, 0.3) is 0 Å². The van der Waals surface area contributed by atoms with Crippen molar-refractivity contribution in [2.24, 2.45) is 0 Å². The fraction of sp³-hybridized carbons (Fsp3) is 0.714. The number of carbonyl (C=O) groups is 1. The average Bonchev–Trinajstić information content (AvgIpc) is 2.71. The summed E-state index contributed by atoms with van der Waals surface area (Å²) in [6.07, 6.45) is 0.486. The number of hydrogen-bond donors (Lipinski definition) is 2. The zero-order valence-corrected chi connectivity index (χ0v) is 13.8. The summed E-state index contributed by atoms with van der Waals surface area (Å²) in [6, 6.07) is 0.0610. The van der Waals surface area contributed by atoms with Gasteiger partial charge in [-0.15, -0.1) is 11.3 Å². The number of carbonyl (C=O) groups excluding carboxylic acids is 1. The molecule has 0 saturated heterocycles. The Balaban J connectivity index is 2.30. The first kappa shape index (κ1) is 16.9. The maximum absolute atomic E-state index is 11.7. The lowest BCUT2D eigenvalue weighted by Crippen LogP contribution is -2.43. The molecule has 1 aromatic heterocycles. The molecule has 1 heterocycles. The zero-order chi connectivity index (χ0) is 15.2. The van der Waals surface area contributed by atoms with E-state index in [2.05, 4.69) is 15.6 Å². The number of aromatic nitrogens is 1. The standard InChI is InChI=1S/C14H25N3O2S/c1-6-11(17-13(18)19-14(3,4)5)7-15-8-12-16-10(2)9-20-12/h9,11,15H,6-8H2,1-5H3,(H,17,18). The number of rotatable bonds is 6. The van der Waals surface area contributed by atoms with Crippen LogP contribution in [-0.4, -0.2) is 29.3 Å². The minimum Gasteiger partial charge on any atom is -0.444 e. The monoisotopic (exact) mass is 299 g/mol. The Morgan fingerprint density at radius 2 is 2.20 bits per heavy atom. The van der Waals surface area contributed by atoms with Gasteiger partial charge in [0.15, 0.2) is 0 Å². The Bertz CT molecular complexity index is 426. The van der Waals surface area contributed by atoms with Crippen LogP contribution in [0.15, 0.2) is 5.38 Å². The number of nitrogens with zero attached hydrogens (tertiary/aromatic N) is 1. The summed E-state index contributed by atoms with van der Waals surface area (Å²) in [4.78, 5) is 16.1. The molecule has 1 rings (SSSR count). The SMILES string of the molecule is CCC(CNCc1nc(C)cs1)NC(=O)OC(C)(C)C. The van der Waals surface area contributed by atoms with Gasteiger partial charge in [0.2, 0.25) is 0 Å². The third-order valence-corrected chi connectivity index (χ3v) is 3.51. The first-order valence-electron chi connectivity index (χ1n) is 6.91. The first-order chi connectivity index (χ1) is 9.30. The van der Waals surface area contributed by atoms with Gasteiger partial charge in [0.05, 0.1) is 0 Å². The molecule has 0 aliphatic rings. The number of hydrogen-bond acceptors (Lipinski definition) is 5. The van der Waals surface area contributed by atoms with E-state index in [1.165, 1.54) is 0 Å². The lowest BCUT2D eigenvalue weighted by atomic mass is 10.2. The lowest BCUT2D eigenvalue weighted by Gasteiger charge is -2.23. The van der Waals surface area contributed by atoms with Gasteiger partial charge in [-0.3, -0.25) is 0 Å².